The van der Waals surface area contributed by atoms with E-state index < -0.39 is 21.9 Å². The summed E-state index contributed by atoms with van der Waals surface area (Å²) in [6.45, 7) is 1.53. The highest BCUT2D eigenvalue weighted by atomic mass is 32.2. The molecule has 2 aromatic rings. The standard InChI is InChI=1S/C23H27NO5S/c1-17(23(26)24(2)20-13-14-30(27,28)16-20)29-22(25)15-21(18-9-5-3-6-10-18)19-11-7-4-8-12-19/h3-12,17,20-21H,13-16H2,1-2H3. The summed E-state index contributed by atoms with van der Waals surface area (Å²) in [4.78, 5) is 26.7. The lowest BCUT2D eigenvalue weighted by Gasteiger charge is -2.26. The maximum absolute atomic E-state index is 12.7. The molecule has 0 aromatic heterocycles. The maximum atomic E-state index is 12.7. The van der Waals surface area contributed by atoms with Crippen LogP contribution in [0.3, 0.4) is 0 Å². The second-order valence-corrected chi connectivity index (χ2v) is 9.94. The smallest absolute Gasteiger partial charge is 0.307 e. The van der Waals surface area contributed by atoms with Crippen molar-refractivity contribution in [2.45, 2.75) is 37.8 Å². The van der Waals surface area contributed by atoms with Crippen LogP contribution in [0.15, 0.2) is 60.7 Å². The molecule has 7 heteroatoms. The highest BCUT2D eigenvalue weighted by molar-refractivity contribution is 7.91. The van der Waals surface area contributed by atoms with Gasteiger partial charge in [0.2, 0.25) is 0 Å². The lowest BCUT2D eigenvalue weighted by Crippen LogP contribution is -2.44. The Balaban J connectivity index is 1.65. The zero-order valence-corrected chi connectivity index (χ0v) is 18.0. The number of nitrogens with zero attached hydrogens (tertiary/aromatic N) is 1. The molecular weight excluding hydrogens is 402 g/mol. The third-order valence-corrected chi connectivity index (χ3v) is 7.28. The lowest BCUT2D eigenvalue weighted by atomic mass is 9.88. The van der Waals surface area contributed by atoms with Gasteiger partial charge in [-0.15, -0.1) is 0 Å². The van der Waals surface area contributed by atoms with Crippen LogP contribution in [0.4, 0.5) is 0 Å². The van der Waals surface area contributed by atoms with Crippen molar-refractivity contribution in [1.82, 2.24) is 4.90 Å². The van der Waals surface area contributed by atoms with Gasteiger partial charge in [-0.25, -0.2) is 8.42 Å². The molecule has 1 heterocycles. The summed E-state index contributed by atoms with van der Waals surface area (Å²) < 4.78 is 28.8. The molecule has 160 valence electrons. The van der Waals surface area contributed by atoms with Gasteiger partial charge in [0.25, 0.3) is 5.91 Å². The van der Waals surface area contributed by atoms with Crippen molar-refractivity contribution in [3.05, 3.63) is 71.8 Å². The van der Waals surface area contributed by atoms with Crippen LogP contribution >= 0.6 is 0 Å². The number of carbonyl (C=O) groups excluding carboxylic acids is 2. The minimum atomic E-state index is -3.10. The first-order valence-electron chi connectivity index (χ1n) is 10.0. The van der Waals surface area contributed by atoms with Gasteiger partial charge in [0.05, 0.1) is 17.9 Å². The predicted octanol–water partition coefficient (Wildman–Crippen LogP) is 2.79. The number of hydrogen-bond donors (Lipinski definition) is 0. The fourth-order valence-electron chi connectivity index (χ4n) is 3.81. The molecule has 6 nitrogen and oxygen atoms in total. The van der Waals surface area contributed by atoms with E-state index in [0.29, 0.717) is 6.42 Å². The molecule has 0 bridgehead atoms. The van der Waals surface area contributed by atoms with E-state index >= 15 is 0 Å². The minimum Gasteiger partial charge on any atom is -0.453 e. The molecule has 0 radical (unpaired) electrons. The van der Waals surface area contributed by atoms with Crippen molar-refractivity contribution in [3.8, 4) is 0 Å². The highest BCUT2D eigenvalue weighted by Crippen LogP contribution is 2.28. The molecule has 2 aromatic carbocycles. The molecule has 0 spiro atoms. The first kappa shape index (κ1) is 22.0. The number of sulfone groups is 1. The summed E-state index contributed by atoms with van der Waals surface area (Å²) in [5.74, 6) is -0.999. The number of amides is 1. The summed E-state index contributed by atoms with van der Waals surface area (Å²) in [5.41, 5.74) is 1.99. The van der Waals surface area contributed by atoms with E-state index in [2.05, 4.69) is 0 Å². The molecule has 3 rings (SSSR count). The normalized spacial score (nSPS) is 18.7. The number of hydrogen-bond acceptors (Lipinski definition) is 5. The number of benzene rings is 2. The fraction of sp³-hybridized carbons (Fsp3) is 0.391. The fourth-order valence-corrected chi connectivity index (χ4v) is 5.58. The molecule has 2 unspecified atom stereocenters. The summed E-state index contributed by atoms with van der Waals surface area (Å²) >= 11 is 0. The van der Waals surface area contributed by atoms with Crippen molar-refractivity contribution in [2.24, 2.45) is 0 Å². The van der Waals surface area contributed by atoms with Gasteiger partial charge in [-0.05, 0) is 24.5 Å². The quantitative estimate of drug-likeness (QED) is 0.632. The monoisotopic (exact) mass is 429 g/mol. The first-order chi connectivity index (χ1) is 14.3. The van der Waals surface area contributed by atoms with Crippen LogP contribution in [0.1, 0.15) is 36.8 Å². The van der Waals surface area contributed by atoms with E-state index in [9.17, 15) is 18.0 Å². The van der Waals surface area contributed by atoms with Gasteiger partial charge in [-0.3, -0.25) is 9.59 Å². The molecule has 2 atom stereocenters. The number of rotatable bonds is 7. The van der Waals surface area contributed by atoms with Crippen molar-refractivity contribution < 1.29 is 22.7 Å². The van der Waals surface area contributed by atoms with Gasteiger partial charge >= 0.3 is 5.97 Å². The van der Waals surface area contributed by atoms with Gasteiger partial charge < -0.3 is 9.64 Å². The van der Waals surface area contributed by atoms with Crippen LogP contribution in [-0.2, 0) is 24.2 Å². The SMILES string of the molecule is CC(OC(=O)CC(c1ccccc1)c1ccccc1)C(=O)N(C)C1CCS(=O)(=O)C1. The Morgan fingerprint density at radius 1 is 1.03 bits per heavy atom. The number of esters is 1. The minimum absolute atomic E-state index is 0.0417. The Kier molecular flexibility index (Phi) is 6.92. The summed E-state index contributed by atoms with van der Waals surface area (Å²) in [6, 6.07) is 19.0. The Hall–Kier alpha value is -2.67. The Morgan fingerprint density at radius 3 is 2.03 bits per heavy atom. The van der Waals surface area contributed by atoms with Gasteiger partial charge in [-0.1, -0.05) is 60.7 Å². The highest BCUT2D eigenvalue weighted by Gasteiger charge is 2.35. The second kappa shape index (κ2) is 9.43. The largest absolute Gasteiger partial charge is 0.453 e. The van der Waals surface area contributed by atoms with Crippen LogP contribution < -0.4 is 0 Å². The molecule has 0 aliphatic carbocycles. The zero-order valence-electron chi connectivity index (χ0n) is 17.2. The summed E-state index contributed by atoms with van der Waals surface area (Å²) in [5, 5.41) is 0. The summed E-state index contributed by atoms with van der Waals surface area (Å²) in [6.07, 6.45) is -0.458. The Labute approximate surface area is 177 Å². The number of likely N-dealkylation sites (N-methyl/N-ethyl adjacent to an activating group) is 1. The summed E-state index contributed by atoms with van der Waals surface area (Å²) in [7, 11) is -1.54. The number of ether oxygens (including phenoxy) is 1. The van der Waals surface area contributed by atoms with E-state index in [0.717, 1.165) is 11.1 Å². The molecular formula is C23H27NO5S. The zero-order chi connectivity index (χ0) is 21.7. The average Bonchev–Trinajstić information content (AvgIpc) is 3.11. The third kappa shape index (κ3) is 5.48. The van der Waals surface area contributed by atoms with E-state index in [4.69, 9.17) is 4.74 Å². The Bertz CT molecular complexity index is 936. The third-order valence-electron chi connectivity index (χ3n) is 5.53. The van der Waals surface area contributed by atoms with E-state index in [1.165, 1.54) is 11.8 Å². The molecule has 0 N–H and O–H groups in total. The van der Waals surface area contributed by atoms with Crippen molar-refractivity contribution in [3.63, 3.8) is 0 Å². The van der Waals surface area contributed by atoms with Crippen molar-refractivity contribution >= 4 is 21.7 Å². The van der Waals surface area contributed by atoms with Gasteiger partial charge in [0.15, 0.2) is 15.9 Å². The molecule has 1 aliphatic heterocycles. The van der Waals surface area contributed by atoms with E-state index in [1.54, 1.807) is 7.05 Å². The topological polar surface area (TPSA) is 80.8 Å². The van der Waals surface area contributed by atoms with Crippen molar-refractivity contribution in [1.29, 1.82) is 0 Å². The first-order valence-corrected chi connectivity index (χ1v) is 11.9. The maximum Gasteiger partial charge on any atom is 0.307 e. The molecule has 1 fully saturated rings. The molecule has 30 heavy (non-hydrogen) atoms. The van der Waals surface area contributed by atoms with Crippen LogP contribution in [0.5, 0.6) is 0 Å². The van der Waals surface area contributed by atoms with Gasteiger partial charge in [-0.2, -0.15) is 0 Å². The number of carbonyl (C=O) groups is 2. The van der Waals surface area contributed by atoms with Crippen LogP contribution in [0.25, 0.3) is 0 Å². The Morgan fingerprint density at radius 2 is 1.57 bits per heavy atom. The van der Waals surface area contributed by atoms with Gasteiger partial charge in [0.1, 0.15) is 0 Å². The molecule has 1 aliphatic rings. The lowest BCUT2D eigenvalue weighted by molar-refractivity contribution is -0.159. The van der Waals surface area contributed by atoms with Crippen LogP contribution in [0.2, 0.25) is 0 Å². The molecule has 0 saturated carbocycles. The molecule has 1 amide bonds. The van der Waals surface area contributed by atoms with Crippen molar-refractivity contribution in [2.75, 3.05) is 18.6 Å². The average molecular weight is 430 g/mol. The van der Waals surface area contributed by atoms with E-state index in [-0.39, 0.29) is 35.8 Å². The van der Waals surface area contributed by atoms with Gasteiger partial charge in [0, 0.05) is 19.0 Å². The second-order valence-electron chi connectivity index (χ2n) is 7.72. The van der Waals surface area contributed by atoms with E-state index in [1.807, 2.05) is 60.7 Å². The molecule has 1 saturated heterocycles. The van der Waals surface area contributed by atoms with Crippen LogP contribution in [0, 0.1) is 0 Å². The van der Waals surface area contributed by atoms with Crippen LogP contribution in [-0.4, -0.2) is 55.9 Å². The predicted molar refractivity (Wildman–Crippen MR) is 115 cm³/mol.